The number of unbranched alkanes of at least 4 members (excludes halogenated alkanes) is 6. The van der Waals surface area contributed by atoms with Gasteiger partial charge in [0.1, 0.15) is 11.5 Å². The summed E-state index contributed by atoms with van der Waals surface area (Å²) >= 11 is 0. The Bertz CT molecular complexity index is 1440. The SMILES string of the molecule is CCCCCCC1(CCCCCC)c2cc(C(=O)COc3ccccc3)ccc2-c2ccc(C(=O)COc3ccccc3)cc21. The van der Waals surface area contributed by atoms with Crippen LogP contribution in [0.3, 0.4) is 0 Å². The van der Waals surface area contributed by atoms with E-state index in [9.17, 15) is 9.59 Å². The topological polar surface area (TPSA) is 52.6 Å². The van der Waals surface area contributed by atoms with Gasteiger partial charge in [-0.1, -0.05) is 126 Å². The predicted octanol–water partition coefficient (Wildman–Crippen LogP) is 10.4. The largest absolute Gasteiger partial charge is 0.485 e. The summed E-state index contributed by atoms with van der Waals surface area (Å²) in [6.45, 7) is 4.47. The highest BCUT2D eigenvalue weighted by Gasteiger charge is 2.43. The Morgan fingerprint density at radius 1 is 0.533 bits per heavy atom. The predicted molar refractivity (Wildman–Crippen MR) is 183 cm³/mol. The second-order valence-electron chi connectivity index (χ2n) is 12.3. The van der Waals surface area contributed by atoms with Crippen LogP contribution in [0.2, 0.25) is 0 Å². The number of Topliss-reactive ketones (excluding diaryl/α,β-unsaturated/α-hetero) is 2. The van der Waals surface area contributed by atoms with Gasteiger partial charge in [0, 0.05) is 16.5 Å². The quantitative estimate of drug-likeness (QED) is 0.0840. The molecule has 4 nitrogen and oxygen atoms in total. The highest BCUT2D eigenvalue weighted by Crippen LogP contribution is 2.54. The van der Waals surface area contributed by atoms with E-state index in [0.29, 0.717) is 22.6 Å². The summed E-state index contributed by atoms with van der Waals surface area (Å²) in [7, 11) is 0. The molecule has 0 unspecified atom stereocenters. The molecule has 1 aliphatic carbocycles. The molecule has 1 aliphatic rings. The second-order valence-corrected chi connectivity index (χ2v) is 12.3. The molecule has 5 rings (SSSR count). The molecule has 0 heterocycles. The molecule has 4 aromatic rings. The van der Waals surface area contributed by atoms with Gasteiger partial charge in [0.15, 0.2) is 24.8 Å². The van der Waals surface area contributed by atoms with Crippen LogP contribution < -0.4 is 9.47 Å². The van der Waals surface area contributed by atoms with E-state index in [1.54, 1.807) is 0 Å². The minimum atomic E-state index is -0.251. The zero-order valence-electron chi connectivity index (χ0n) is 26.9. The fraction of sp³-hybridized carbons (Fsp3) is 0.366. The van der Waals surface area contributed by atoms with Gasteiger partial charge >= 0.3 is 0 Å². The molecule has 0 saturated heterocycles. The van der Waals surface area contributed by atoms with Crippen LogP contribution in [0, 0.1) is 0 Å². The van der Waals surface area contributed by atoms with Crippen LogP contribution >= 0.6 is 0 Å². The molecule has 4 aromatic carbocycles. The van der Waals surface area contributed by atoms with Crippen LogP contribution in [0.25, 0.3) is 11.1 Å². The zero-order valence-corrected chi connectivity index (χ0v) is 26.9. The van der Waals surface area contributed by atoms with Crippen molar-refractivity contribution in [2.45, 2.75) is 83.5 Å². The highest BCUT2D eigenvalue weighted by atomic mass is 16.5. The van der Waals surface area contributed by atoms with E-state index in [2.05, 4.69) is 38.1 Å². The first-order valence-electron chi connectivity index (χ1n) is 16.8. The number of fused-ring (bicyclic) bond motifs is 3. The fourth-order valence-electron chi connectivity index (χ4n) is 6.71. The first-order valence-corrected chi connectivity index (χ1v) is 16.8. The van der Waals surface area contributed by atoms with Crippen molar-refractivity contribution in [1.29, 1.82) is 0 Å². The number of carbonyl (C=O) groups excluding carboxylic acids is 2. The molecule has 0 amide bonds. The summed E-state index contributed by atoms with van der Waals surface area (Å²) in [6.07, 6.45) is 11.3. The molecule has 0 aliphatic heterocycles. The molecule has 0 bridgehead atoms. The number of carbonyl (C=O) groups is 2. The van der Waals surface area contributed by atoms with Crippen molar-refractivity contribution in [3.8, 4) is 22.6 Å². The Morgan fingerprint density at radius 3 is 1.36 bits per heavy atom. The molecule has 0 spiro atoms. The summed E-state index contributed by atoms with van der Waals surface area (Å²) in [5.74, 6) is 1.32. The maximum absolute atomic E-state index is 13.4. The Labute approximate surface area is 268 Å². The maximum atomic E-state index is 13.4. The third-order valence-corrected chi connectivity index (χ3v) is 9.14. The van der Waals surface area contributed by atoms with Crippen molar-refractivity contribution in [3.63, 3.8) is 0 Å². The van der Waals surface area contributed by atoms with Crippen LogP contribution in [-0.2, 0) is 5.41 Å². The Balaban J connectivity index is 1.49. The van der Waals surface area contributed by atoms with E-state index in [1.807, 2.05) is 72.8 Å². The summed E-state index contributed by atoms with van der Waals surface area (Å²) < 4.78 is 11.7. The summed E-state index contributed by atoms with van der Waals surface area (Å²) in [4.78, 5) is 26.9. The zero-order chi connectivity index (χ0) is 31.5. The normalized spacial score (nSPS) is 12.8. The first kappa shape index (κ1) is 32.2. The molecule has 45 heavy (non-hydrogen) atoms. The van der Waals surface area contributed by atoms with Gasteiger partial charge in [-0.3, -0.25) is 9.59 Å². The number of hydrogen-bond donors (Lipinski definition) is 0. The number of para-hydroxylation sites is 2. The van der Waals surface area contributed by atoms with Gasteiger partial charge in [-0.15, -0.1) is 0 Å². The minimum Gasteiger partial charge on any atom is -0.485 e. The van der Waals surface area contributed by atoms with Gasteiger partial charge in [-0.2, -0.15) is 0 Å². The average Bonchev–Trinajstić information content (AvgIpc) is 3.35. The lowest BCUT2D eigenvalue weighted by Gasteiger charge is -2.33. The third kappa shape index (κ3) is 7.73. The van der Waals surface area contributed by atoms with Crippen molar-refractivity contribution < 1.29 is 19.1 Å². The molecular formula is C41H46O4. The molecule has 0 saturated carbocycles. The van der Waals surface area contributed by atoms with Gasteiger partial charge in [0.2, 0.25) is 0 Å². The lowest BCUT2D eigenvalue weighted by atomic mass is 9.70. The molecule has 4 heteroatoms. The summed E-state index contributed by atoms with van der Waals surface area (Å²) in [5, 5.41) is 0. The van der Waals surface area contributed by atoms with Crippen LogP contribution in [0.15, 0.2) is 97.1 Å². The number of rotatable bonds is 18. The highest BCUT2D eigenvalue weighted by molar-refractivity contribution is 6.00. The first-order chi connectivity index (χ1) is 22.1. The van der Waals surface area contributed by atoms with Crippen molar-refractivity contribution in [2.75, 3.05) is 13.2 Å². The van der Waals surface area contributed by atoms with Crippen LogP contribution in [0.1, 0.15) is 110 Å². The van der Waals surface area contributed by atoms with Gasteiger partial charge < -0.3 is 9.47 Å². The molecular weight excluding hydrogens is 556 g/mol. The summed E-state index contributed by atoms with van der Waals surface area (Å²) in [5.41, 5.74) is 5.90. The smallest absolute Gasteiger partial charge is 0.200 e. The molecule has 234 valence electrons. The molecule has 0 N–H and O–H groups in total. The van der Waals surface area contributed by atoms with Crippen molar-refractivity contribution >= 4 is 11.6 Å². The summed E-state index contributed by atoms with van der Waals surface area (Å²) in [6, 6.07) is 31.3. The van der Waals surface area contributed by atoms with Crippen LogP contribution in [0.5, 0.6) is 11.5 Å². The molecule has 0 fully saturated rings. The van der Waals surface area contributed by atoms with E-state index >= 15 is 0 Å². The average molecular weight is 603 g/mol. The van der Waals surface area contributed by atoms with E-state index in [4.69, 9.17) is 9.47 Å². The van der Waals surface area contributed by atoms with Gasteiger partial charge in [0.25, 0.3) is 0 Å². The Morgan fingerprint density at radius 2 is 0.956 bits per heavy atom. The minimum absolute atomic E-state index is 0.00415. The van der Waals surface area contributed by atoms with Gasteiger partial charge in [-0.25, -0.2) is 0 Å². The van der Waals surface area contributed by atoms with Crippen molar-refractivity contribution in [2.24, 2.45) is 0 Å². The van der Waals surface area contributed by atoms with Crippen molar-refractivity contribution in [1.82, 2.24) is 0 Å². The van der Waals surface area contributed by atoms with Crippen LogP contribution in [-0.4, -0.2) is 24.8 Å². The standard InChI is InChI=1S/C41H46O4/c1-3-5-7-15-25-41(26-16-8-6-4-2)37-27-31(39(42)29-44-33-17-11-9-12-18-33)21-23-35(37)36-24-22-32(28-38(36)41)40(43)30-45-34-19-13-10-14-20-34/h9-14,17-24,27-28H,3-8,15-16,25-26,29-30H2,1-2H3. The monoisotopic (exact) mass is 602 g/mol. The van der Waals surface area contributed by atoms with E-state index in [1.165, 1.54) is 60.8 Å². The third-order valence-electron chi connectivity index (χ3n) is 9.14. The molecule has 0 aromatic heterocycles. The lowest BCUT2D eigenvalue weighted by molar-refractivity contribution is 0.0915. The van der Waals surface area contributed by atoms with E-state index in [-0.39, 0.29) is 30.2 Å². The maximum Gasteiger partial charge on any atom is 0.200 e. The van der Waals surface area contributed by atoms with E-state index < -0.39 is 0 Å². The molecule has 0 radical (unpaired) electrons. The number of ketones is 2. The van der Waals surface area contributed by atoms with Crippen LogP contribution in [0.4, 0.5) is 0 Å². The Hall–Kier alpha value is -4.18. The van der Waals surface area contributed by atoms with Gasteiger partial charge in [0.05, 0.1) is 0 Å². The fourth-order valence-corrected chi connectivity index (χ4v) is 6.71. The second kappa shape index (κ2) is 15.7. The number of hydrogen-bond acceptors (Lipinski definition) is 4. The van der Waals surface area contributed by atoms with Crippen molar-refractivity contribution in [3.05, 3.63) is 119 Å². The Kier molecular flexibility index (Phi) is 11.2. The number of benzene rings is 4. The lowest BCUT2D eigenvalue weighted by Crippen LogP contribution is -2.26. The number of ether oxygens (including phenoxy) is 2. The van der Waals surface area contributed by atoms with E-state index in [0.717, 1.165) is 25.7 Å². The molecule has 0 atom stereocenters. The van der Waals surface area contributed by atoms with Gasteiger partial charge in [-0.05, 0) is 71.5 Å².